The molecule has 288 valence electrons. The Morgan fingerprint density at radius 2 is 1.41 bits per heavy atom. The van der Waals surface area contributed by atoms with Crippen LogP contribution >= 0.6 is 0 Å². The highest BCUT2D eigenvalue weighted by Crippen LogP contribution is 2.27. The molecule has 5 aromatic carbocycles. The van der Waals surface area contributed by atoms with Crippen LogP contribution < -0.4 is 11.1 Å². The Morgan fingerprint density at radius 3 is 2.02 bits per heavy atom. The highest BCUT2D eigenvalue weighted by Gasteiger charge is 2.34. The number of hydrogen-bond acceptors (Lipinski definition) is 10. The number of amides is 2. The summed E-state index contributed by atoms with van der Waals surface area (Å²) in [5.41, 5.74) is 7.77. The normalized spacial score (nSPS) is 13.1. The standard InChI is InChI=1S/C44H45N5O7/c1-6-54-43(53)38-47-40(56-48-38)36(25-28-19-21-30-13-8-10-15-32(30)23-28)49(5)41(51)35(24-27-18-20-29-12-7-9-14-31(29)22-27)46-39(50)34-17-11-16-33(26-34)37(45)42(52)55-44(2,3)4/h7-23,26,35-37H,6,24-25,45H2,1-5H3,(H,46,50). The van der Waals surface area contributed by atoms with Crippen molar-refractivity contribution in [1.29, 1.82) is 0 Å². The van der Waals surface area contributed by atoms with Crippen molar-refractivity contribution in [2.45, 2.75) is 64.3 Å². The molecule has 3 unspecified atom stereocenters. The second kappa shape index (κ2) is 17.0. The fraction of sp³-hybridized carbons (Fsp3) is 0.273. The van der Waals surface area contributed by atoms with Crippen molar-refractivity contribution in [3.05, 3.63) is 143 Å². The molecule has 3 atom stereocenters. The van der Waals surface area contributed by atoms with Crippen LogP contribution in [0.4, 0.5) is 0 Å². The fourth-order valence-electron chi connectivity index (χ4n) is 6.45. The third-order valence-electron chi connectivity index (χ3n) is 9.27. The highest BCUT2D eigenvalue weighted by molar-refractivity contribution is 5.98. The lowest BCUT2D eigenvalue weighted by Crippen LogP contribution is -2.49. The quantitative estimate of drug-likeness (QED) is 0.121. The van der Waals surface area contributed by atoms with Crippen molar-refractivity contribution in [1.82, 2.24) is 20.4 Å². The zero-order valence-corrected chi connectivity index (χ0v) is 32.0. The van der Waals surface area contributed by atoms with Crippen LogP contribution in [0.25, 0.3) is 21.5 Å². The molecule has 0 aliphatic heterocycles. The van der Waals surface area contributed by atoms with E-state index < -0.39 is 47.5 Å². The summed E-state index contributed by atoms with van der Waals surface area (Å²) in [6.07, 6.45) is 0.385. The van der Waals surface area contributed by atoms with Crippen molar-refractivity contribution < 1.29 is 33.2 Å². The lowest BCUT2D eigenvalue weighted by molar-refractivity contribution is -0.156. The van der Waals surface area contributed by atoms with Gasteiger partial charge in [-0.15, -0.1) is 0 Å². The lowest BCUT2D eigenvalue weighted by Gasteiger charge is -2.30. The van der Waals surface area contributed by atoms with Gasteiger partial charge in [0.1, 0.15) is 23.7 Å². The third kappa shape index (κ3) is 9.45. The van der Waals surface area contributed by atoms with Gasteiger partial charge in [0.15, 0.2) is 0 Å². The molecule has 6 rings (SSSR count). The van der Waals surface area contributed by atoms with Crippen molar-refractivity contribution in [2.24, 2.45) is 5.73 Å². The first-order valence-electron chi connectivity index (χ1n) is 18.4. The molecule has 12 nitrogen and oxygen atoms in total. The molecule has 0 aliphatic rings. The number of nitrogens with one attached hydrogen (secondary N) is 1. The number of aromatic nitrogens is 2. The van der Waals surface area contributed by atoms with Crippen LogP contribution in [-0.2, 0) is 31.9 Å². The largest absolute Gasteiger partial charge is 0.460 e. The Balaban J connectivity index is 1.34. The van der Waals surface area contributed by atoms with E-state index in [0.717, 1.165) is 32.7 Å². The summed E-state index contributed by atoms with van der Waals surface area (Å²) in [5, 5.41) is 10.9. The number of esters is 2. The molecule has 1 heterocycles. The number of benzene rings is 5. The van der Waals surface area contributed by atoms with Crippen molar-refractivity contribution in [3.63, 3.8) is 0 Å². The molecule has 2 amide bonds. The van der Waals surface area contributed by atoms with E-state index >= 15 is 0 Å². The molecular formula is C44H45N5O7. The van der Waals surface area contributed by atoms with Crippen LogP contribution in [0.5, 0.6) is 0 Å². The van der Waals surface area contributed by atoms with E-state index in [-0.39, 0.29) is 36.7 Å². The molecule has 0 aliphatic carbocycles. The van der Waals surface area contributed by atoms with E-state index in [1.165, 1.54) is 11.0 Å². The third-order valence-corrected chi connectivity index (χ3v) is 9.27. The van der Waals surface area contributed by atoms with E-state index in [1.54, 1.807) is 52.9 Å². The number of fused-ring (bicyclic) bond motifs is 2. The van der Waals surface area contributed by atoms with Gasteiger partial charge in [0.2, 0.25) is 11.8 Å². The van der Waals surface area contributed by atoms with E-state index in [0.29, 0.717) is 5.56 Å². The van der Waals surface area contributed by atoms with Gasteiger partial charge in [-0.25, -0.2) is 9.59 Å². The number of rotatable bonds is 13. The smallest absolute Gasteiger partial charge is 0.379 e. The van der Waals surface area contributed by atoms with Crippen molar-refractivity contribution in [2.75, 3.05) is 13.7 Å². The maximum Gasteiger partial charge on any atom is 0.379 e. The first-order valence-corrected chi connectivity index (χ1v) is 18.4. The Bertz CT molecular complexity index is 2380. The number of likely N-dealkylation sites (N-methyl/N-ethyl adjacent to an activating group) is 1. The van der Waals surface area contributed by atoms with Crippen molar-refractivity contribution >= 4 is 45.3 Å². The summed E-state index contributed by atoms with van der Waals surface area (Å²) in [5.74, 6) is -2.63. The molecule has 6 aromatic rings. The predicted molar refractivity (Wildman–Crippen MR) is 212 cm³/mol. The van der Waals surface area contributed by atoms with Gasteiger partial charge >= 0.3 is 11.9 Å². The topological polar surface area (TPSA) is 167 Å². The molecular weight excluding hydrogens is 711 g/mol. The van der Waals surface area contributed by atoms with Crippen molar-refractivity contribution in [3.8, 4) is 0 Å². The molecule has 0 saturated carbocycles. The number of hydrogen-bond donors (Lipinski definition) is 2. The van der Waals surface area contributed by atoms with Gasteiger partial charge in [-0.2, -0.15) is 4.98 Å². The summed E-state index contributed by atoms with van der Waals surface area (Å²) in [6.45, 7) is 7.02. The lowest BCUT2D eigenvalue weighted by atomic mass is 9.98. The SMILES string of the molecule is CCOC(=O)c1noc(C(Cc2ccc3ccccc3c2)N(C)C(=O)C(Cc2ccc3ccccc3c2)NC(=O)c2cccc(C(N)C(=O)OC(C)(C)C)c2)n1. The molecule has 1 aromatic heterocycles. The minimum atomic E-state index is -1.13. The number of nitrogens with zero attached hydrogens (tertiary/aromatic N) is 3. The summed E-state index contributed by atoms with van der Waals surface area (Å²) in [4.78, 5) is 60.0. The number of carbonyl (C=O) groups excluding carboxylic acids is 4. The van der Waals surface area contributed by atoms with Gasteiger partial charge in [-0.1, -0.05) is 97.1 Å². The van der Waals surface area contributed by atoms with Crippen LogP contribution in [0.1, 0.15) is 83.3 Å². The molecule has 0 bridgehead atoms. The van der Waals surface area contributed by atoms with Gasteiger partial charge in [-0.3, -0.25) is 9.59 Å². The zero-order valence-electron chi connectivity index (χ0n) is 32.0. The number of nitrogens with two attached hydrogens (primary N) is 1. The van der Waals surface area contributed by atoms with Crippen LogP contribution in [0, 0.1) is 0 Å². The minimum absolute atomic E-state index is 0.0247. The predicted octanol–water partition coefficient (Wildman–Crippen LogP) is 6.68. The Morgan fingerprint density at radius 1 is 0.804 bits per heavy atom. The summed E-state index contributed by atoms with van der Waals surface area (Å²) >= 11 is 0. The van der Waals surface area contributed by atoms with Gasteiger partial charge in [-0.05, 0) is 83.2 Å². The molecule has 0 radical (unpaired) electrons. The second-order valence-electron chi connectivity index (χ2n) is 14.6. The van der Waals surface area contributed by atoms with E-state index in [9.17, 15) is 19.2 Å². The molecule has 0 spiro atoms. The van der Waals surface area contributed by atoms with Gasteiger partial charge < -0.3 is 29.9 Å². The maximum atomic E-state index is 14.8. The molecule has 3 N–H and O–H groups in total. The van der Waals surface area contributed by atoms with E-state index in [4.69, 9.17) is 19.7 Å². The number of ether oxygens (including phenoxy) is 2. The molecule has 56 heavy (non-hydrogen) atoms. The minimum Gasteiger partial charge on any atom is -0.460 e. The highest BCUT2D eigenvalue weighted by atomic mass is 16.6. The molecule has 0 fully saturated rings. The van der Waals surface area contributed by atoms with E-state index in [2.05, 4.69) is 15.5 Å². The molecule has 12 heteroatoms. The summed E-state index contributed by atoms with van der Waals surface area (Å²) in [6, 6.07) is 30.9. The summed E-state index contributed by atoms with van der Waals surface area (Å²) in [7, 11) is 1.60. The fourth-order valence-corrected chi connectivity index (χ4v) is 6.45. The van der Waals surface area contributed by atoms with E-state index in [1.807, 2.05) is 84.9 Å². The Kier molecular flexibility index (Phi) is 11.9. The van der Waals surface area contributed by atoms with Crippen LogP contribution in [0.3, 0.4) is 0 Å². The van der Waals surface area contributed by atoms with Gasteiger partial charge in [0, 0.05) is 25.5 Å². The zero-order chi connectivity index (χ0) is 40.0. The monoisotopic (exact) mass is 755 g/mol. The van der Waals surface area contributed by atoms with Crippen LogP contribution in [0.2, 0.25) is 0 Å². The maximum absolute atomic E-state index is 14.8. The average molecular weight is 756 g/mol. The average Bonchev–Trinajstić information content (AvgIpc) is 3.68. The summed E-state index contributed by atoms with van der Waals surface area (Å²) < 4.78 is 16.2. The second-order valence-corrected chi connectivity index (χ2v) is 14.6. The first kappa shape index (κ1) is 39.3. The van der Waals surface area contributed by atoms with Crippen LogP contribution in [0.15, 0.2) is 114 Å². The van der Waals surface area contributed by atoms with Crippen LogP contribution in [-0.4, -0.2) is 64.1 Å². The van der Waals surface area contributed by atoms with Gasteiger partial charge in [0.05, 0.1) is 6.61 Å². The Hall–Kier alpha value is -6.40. The molecule has 0 saturated heterocycles. The Labute approximate surface area is 325 Å². The first-order chi connectivity index (χ1) is 26.8. The van der Waals surface area contributed by atoms with Gasteiger partial charge in [0.25, 0.3) is 11.7 Å². The number of carbonyl (C=O) groups is 4.